The van der Waals surface area contributed by atoms with E-state index in [9.17, 15) is 4.39 Å². The number of methoxy groups -OCH3 is 1. The van der Waals surface area contributed by atoms with Crippen molar-refractivity contribution in [3.8, 4) is 5.75 Å². The van der Waals surface area contributed by atoms with E-state index in [1.54, 1.807) is 6.07 Å². The second kappa shape index (κ2) is 6.84. The molecule has 1 aromatic heterocycles. The van der Waals surface area contributed by atoms with Crippen molar-refractivity contribution in [2.45, 2.75) is 31.9 Å². The molecule has 1 atom stereocenters. The van der Waals surface area contributed by atoms with Crippen molar-refractivity contribution in [3.05, 3.63) is 23.6 Å². The molecule has 23 heavy (non-hydrogen) atoms. The molecule has 2 heterocycles. The third kappa shape index (κ3) is 3.33. The summed E-state index contributed by atoms with van der Waals surface area (Å²) in [7, 11) is 5.55. The molecule has 3 rings (SSSR count). The molecule has 0 N–H and O–H groups in total. The number of rotatable bonds is 5. The fourth-order valence-corrected chi connectivity index (χ4v) is 3.01. The van der Waals surface area contributed by atoms with Gasteiger partial charge in [-0.2, -0.15) is 5.10 Å². The second-order valence-electron chi connectivity index (χ2n) is 6.27. The molecule has 0 amide bonds. The maximum Gasteiger partial charge on any atom is 0.167 e. The number of hydrogen-bond donors (Lipinski definition) is 0. The average molecular weight is 321 g/mol. The van der Waals surface area contributed by atoms with E-state index in [2.05, 4.69) is 4.90 Å². The van der Waals surface area contributed by atoms with Gasteiger partial charge in [-0.05, 0) is 39.4 Å². The maximum absolute atomic E-state index is 14.2. The van der Waals surface area contributed by atoms with Crippen LogP contribution >= 0.6 is 0 Å². The van der Waals surface area contributed by atoms with E-state index < -0.39 is 0 Å². The summed E-state index contributed by atoms with van der Waals surface area (Å²) in [6.45, 7) is 1.62. The molecular formula is C17H24FN3O2. The van der Waals surface area contributed by atoms with Crippen LogP contribution in [0.3, 0.4) is 0 Å². The van der Waals surface area contributed by atoms with E-state index in [1.807, 2.05) is 18.8 Å². The molecule has 1 aliphatic heterocycles. The van der Waals surface area contributed by atoms with Crippen molar-refractivity contribution in [1.82, 2.24) is 14.7 Å². The van der Waals surface area contributed by atoms with Gasteiger partial charge in [0, 0.05) is 31.0 Å². The Balaban J connectivity index is 2.06. The van der Waals surface area contributed by atoms with Crippen LogP contribution in [0.4, 0.5) is 4.39 Å². The van der Waals surface area contributed by atoms with Gasteiger partial charge in [-0.3, -0.25) is 0 Å². The Morgan fingerprint density at radius 2 is 2.22 bits per heavy atom. The number of aromatic nitrogens is 2. The molecule has 0 radical (unpaired) electrons. The van der Waals surface area contributed by atoms with Crippen LogP contribution < -0.4 is 4.74 Å². The van der Waals surface area contributed by atoms with Crippen LogP contribution in [0.5, 0.6) is 5.75 Å². The summed E-state index contributed by atoms with van der Waals surface area (Å²) < 4.78 is 27.0. The molecule has 1 unspecified atom stereocenters. The minimum atomic E-state index is -0.365. The molecule has 1 saturated heterocycles. The molecule has 1 aromatic carbocycles. The largest absolute Gasteiger partial charge is 0.494 e. The van der Waals surface area contributed by atoms with Crippen LogP contribution in [0.25, 0.3) is 10.9 Å². The van der Waals surface area contributed by atoms with E-state index in [0.29, 0.717) is 0 Å². The van der Waals surface area contributed by atoms with Gasteiger partial charge in [0.05, 0.1) is 18.3 Å². The SMILES string of the molecule is COc1cc2c(CCN(C)C)nn(C3CCCCO3)c2cc1F. The highest BCUT2D eigenvalue weighted by molar-refractivity contribution is 5.84. The Labute approximate surface area is 136 Å². The van der Waals surface area contributed by atoms with Crippen molar-refractivity contribution >= 4 is 10.9 Å². The summed E-state index contributed by atoms with van der Waals surface area (Å²) >= 11 is 0. The Morgan fingerprint density at radius 3 is 2.87 bits per heavy atom. The lowest BCUT2D eigenvalue weighted by Crippen LogP contribution is -2.20. The van der Waals surface area contributed by atoms with Crippen LogP contribution in [0.2, 0.25) is 0 Å². The average Bonchev–Trinajstić information content (AvgIpc) is 2.90. The summed E-state index contributed by atoms with van der Waals surface area (Å²) in [5.41, 5.74) is 1.74. The number of benzene rings is 1. The van der Waals surface area contributed by atoms with Crippen molar-refractivity contribution in [2.75, 3.05) is 34.4 Å². The molecular weight excluding hydrogens is 297 g/mol. The van der Waals surface area contributed by atoms with E-state index in [1.165, 1.54) is 13.2 Å². The lowest BCUT2D eigenvalue weighted by atomic mass is 10.1. The summed E-state index contributed by atoms with van der Waals surface area (Å²) in [4.78, 5) is 2.11. The lowest BCUT2D eigenvalue weighted by Gasteiger charge is -2.23. The first kappa shape index (κ1) is 16.2. The van der Waals surface area contributed by atoms with Crippen molar-refractivity contribution < 1.29 is 13.9 Å². The standard InChI is InChI=1S/C17H24FN3O2/c1-20(2)8-7-14-12-10-16(22-3)13(18)11-15(12)21(19-14)17-6-4-5-9-23-17/h10-11,17H,4-9H2,1-3H3. The summed E-state index contributed by atoms with van der Waals surface area (Å²) in [5, 5.41) is 5.69. The summed E-state index contributed by atoms with van der Waals surface area (Å²) in [5.74, 6) is -0.108. The first-order chi connectivity index (χ1) is 11.1. The van der Waals surface area contributed by atoms with Gasteiger partial charge >= 0.3 is 0 Å². The van der Waals surface area contributed by atoms with E-state index in [0.717, 1.165) is 55.4 Å². The number of nitrogens with zero attached hydrogens (tertiary/aromatic N) is 3. The second-order valence-corrected chi connectivity index (χ2v) is 6.27. The van der Waals surface area contributed by atoms with Gasteiger partial charge in [0.2, 0.25) is 0 Å². The van der Waals surface area contributed by atoms with Gasteiger partial charge < -0.3 is 14.4 Å². The molecule has 1 fully saturated rings. The smallest absolute Gasteiger partial charge is 0.167 e. The number of halogens is 1. The van der Waals surface area contributed by atoms with Crippen LogP contribution in [0.1, 0.15) is 31.2 Å². The molecule has 0 saturated carbocycles. The third-order valence-corrected chi connectivity index (χ3v) is 4.28. The van der Waals surface area contributed by atoms with Gasteiger partial charge in [-0.1, -0.05) is 0 Å². The first-order valence-corrected chi connectivity index (χ1v) is 8.11. The van der Waals surface area contributed by atoms with E-state index in [-0.39, 0.29) is 17.8 Å². The Morgan fingerprint density at radius 1 is 1.39 bits per heavy atom. The quantitative estimate of drug-likeness (QED) is 0.849. The van der Waals surface area contributed by atoms with Gasteiger partial charge in [0.1, 0.15) is 0 Å². The number of likely N-dealkylation sites (N-methyl/N-ethyl adjacent to an activating group) is 1. The van der Waals surface area contributed by atoms with Gasteiger partial charge in [0.15, 0.2) is 17.8 Å². The predicted molar refractivity (Wildman–Crippen MR) is 87.3 cm³/mol. The molecule has 0 aliphatic carbocycles. The van der Waals surface area contributed by atoms with Gasteiger partial charge in [-0.15, -0.1) is 0 Å². The lowest BCUT2D eigenvalue weighted by molar-refractivity contribution is -0.0369. The molecule has 0 spiro atoms. The summed E-state index contributed by atoms with van der Waals surface area (Å²) in [6, 6.07) is 3.26. The van der Waals surface area contributed by atoms with Gasteiger partial charge in [0.25, 0.3) is 0 Å². The zero-order valence-electron chi connectivity index (χ0n) is 14.0. The molecule has 2 aromatic rings. The third-order valence-electron chi connectivity index (χ3n) is 4.28. The molecule has 6 heteroatoms. The van der Waals surface area contributed by atoms with E-state index in [4.69, 9.17) is 14.6 Å². The Kier molecular flexibility index (Phi) is 4.82. The minimum Gasteiger partial charge on any atom is -0.494 e. The van der Waals surface area contributed by atoms with Crippen LogP contribution in [-0.4, -0.2) is 49.0 Å². The molecule has 5 nitrogen and oxygen atoms in total. The highest BCUT2D eigenvalue weighted by Gasteiger charge is 2.22. The Bertz CT molecular complexity index is 678. The first-order valence-electron chi connectivity index (χ1n) is 8.11. The minimum absolute atomic E-state index is 0.104. The zero-order chi connectivity index (χ0) is 16.4. The number of hydrogen-bond acceptors (Lipinski definition) is 4. The van der Waals surface area contributed by atoms with Crippen molar-refractivity contribution in [3.63, 3.8) is 0 Å². The predicted octanol–water partition coefficient (Wildman–Crippen LogP) is 2.99. The molecule has 126 valence electrons. The summed E-state index contributed by atoms with van der Waals surface area (Å²) in [6.07, 6.45) is 3.80. The van der Waals surface area contributed by atoms with Crippen LogP contribution in [0, 0.1) is 5.82 Å². The highest BCUT2D eigenvalue weighted by atomic mass is 19.1. The van der Waals surface area contributed by atoms with Crippen molar-refractivity contribution in [1.29, 1.82) is 0 Å². The topological polar surface area (TPSA) is 39.5 Å². The molecule has 0 bridgehead atoms. The normalized spacial score (nSPS) is 18.7. The Hall–Kier alpha value is -1.66. The monoisotopic (exact) mass is 321 g/mol. The highest BCUT2D eigenvalue weighted by Crippen LogP contribution is 2.32. The number of fused-ring (bicyclic) bond motifs is 1. The van der Waals surface area contributed by atoms with Crippen molar-refractivity contribution in [2.24, 2.45) is 0 Å². The zero-order valence-corrected chi connectivity index (χ0v) is 14.0. The molecule has 1 aliphatic rings. The van der Waals surface area contributed by atoms with Crippen LogP contribution in [-0.2, 0) is 11.2 Å². The fraction of sp³-hybridized carbons (Fsp3) is 0.588. The van der Waals surface area contributed by atoms with Crippen LogP contribution in [0.15, 0.2) is 12.1 Å². The van der Waals surface area contributed by atoms with E-state index >= 15 is 0 Å². The van der Waals surface area contributed by atoms with Gasteiger partial charge in [-0.25, -0.2) is 9.07 Å². The fourth-order valence-electron chi connectivity index (χ4n) is 3.01. The maximum atomic E-state index is 14.2. The number of ether oxygens (including phenoxy) is 2.